The second-order valence-corrected chi connectivity index (χ2v) is 6.38. The topological polar surface area (TPSA) is 105 Å². The van der Waals surface area contributed by atoms with Crippen molar-refractivity contribution in [3.63, 3.8) is 0 Å². The molecule has 2 rings (SSSR count). The highest BCUT2D eigenvalue weighted by atomic mass is 32.1. The van der Waals surface area contributed by atoms with Gasteiger partial charge >= 0.3 is 5.97 Å². The van der Waals surface area contributed by atoms with Crippen molar-refractivity contribution >= 4 is 34.0 Å². The molecule has 0 saturated heterocycles. The number of carboxylic acid groups (broad SMARTS) is 1. The van der Waals surface area contributed by atoms with Gasteiger partial charge in [-0.15, -0.1) is 11.3 Å². The van der Waals surface area contributed by atoms with E-state index in [2.05, 4.69) is 10.3 Å². The molecule has 2 aromatic rings. The van der Waals surface area contributed by atoms with Crippen LogP contribution in [0.1, 0.15) is 38.5 Å². The highest BCUT2D eigenvalue weighted by Gasteiger charge is 2.08. The lowest BCUT2D eigenvalue weighted by atomic mass is 10.1. The quantitative estimate of drug-likeness (QED) is 0.473. The van der Waals surface area contributed by atoms with Crippen molar-refractivity contribution in [2.45, 2.75) is 38.5 Å². The van der Waals surface area contributed by atoms with Gasteiger partial charge in [-0.25, -0.2) is 4.98 Å². The zero-order valence-electron chi connectivity index (χ0n) is 13.3. The number of anilines is 2. The van der Waals surface area contributed by atoms with E-state index in [4.69, 9.17) is 10.8 Å². The van der Waals surface area contributed by atoms with Gasteiger partial charge in [0, 0.05) is 29.5 Å². The number of rotatable bonds is 9. The molecule has 4 N–H and O–H groups in total. The van der Waals surface area contributed by atoms with E-state index in [1.165, 1.54) is 11.3 Å². The molecule has 1 amide bonds. The number of nitrogens with zero attached hydrogens (tertiary/aromatic N) is 1. The molecule has 0 fully saturated rings. The maximum atomic E-state index is 11.9. The molecular weight excluding hydrogens is 326 g/mol. The number of hydrogen-bond acceptors (Lipinski definition) is 5. The van der Waals surface area contributed by atoms with Gasteiger partial charge in [-0.05, 0) is 25.0 Å². The molecule has 7 heteroatoms. The van der Waals surface area contributed by atoms with Gasteiger partial charge < -0.3 is 16.2 Å². The lowest BCUT2D eigenvalue weighted by Crippen LogP contribution is -2.10. The molecule has 0 spiro atoms. The zero-order chi connectivity index (χ0) is 17.4. The van der Waals surface area contributed by atoms with Crippen LogP contribution in [0, 0.1) is 0 Å². The van der Waals surface area contributed by atoms with Gasteiger partial charge in [-0.3, -0.25) is 9.59 Å². The van der Waals surface area contributed by atoms with E-state index < -0.39 is 5.97 Å². The number of unbranched alkanes of at least 4 members (excludes halogenated alkanes) is 3. The van der Waals surface area contributed by atoms with Gasteiger partial charge in [0.05, 0.1) is 5.69 Å². The van der Waals surface area contributed by atoms with Crippen LogP contribution in [0.4, 0.5) is 10.8 Å². The Morgan fingerprint density at radius 3 is 2.62 bits per heavy atom. The molecule has 0 bridgehead atoms. The lowest BCUT2D eigenvalue weighted by molar-refractivity contribution is -0.137. The largest absolute Gasteiger partial charge is 0.481 e. The van der Waals surface area contributed by atoms with E-state index in [0.29, 0.717) is 23.7 Å². The number of aromatic nitrogens is 1. The van der Waals surface area contributed by atoms with Gasteiger partial charge in [0.15, 0.2) is 5.13 Å². The Hall–Kier alpha value is -2.41. The van der Waals surface area contributed by atoms with E-state index in [0.717, 1.165) is 30.5 Å². The Balaban J connectivity index is 1.74. The van der Waals surface area contributed by atoms with Crippen LogP contribution in [0.3, 0.4) is 0 Å². The van der Waals surface area contributed by atoms with Gasteiger partial charge in [0.2, 0.25) is 5.91 Å². The third kappa shape index (κ3) is 6.00. The summed E-state index contributed by atoms with van der Waals surface area (Å²) in [4.78, 5) is 26.7. The van der Waals surface area contributed by atoms with Crippen LogP contribution >= 0.6 is 11.3 Å². The average Bonchev–Trinajstić information content (AvgIpc) is 2.99. The van der Waals surface area contributed by atoms with Crippen LogP contribution in [-0.2, 0) is 9.59 Å². The van der Waals surface area contributed by atoms with E-state index >= 15 is 0 Å². The predicted octanol–water partition coefficient (Wildman–Crippen LogP) is 3.76. The van der Waals surface area contributed by atoms with Crippen molar-refractivity contribution in [3.05, 3.63) is 29.6 Å². The molecule has 1 aromatic carbocycles. The summed E-state index contributed by atoms with van der Waals surface area (Å²) in [5, 5.41) is 13.8. The van der Waals surface area contributed by atoms with Gasteiger partial charge in [0.25, 0.3) is 0 Å². The summed E-state index contributed by atoms with van der Waals surface area (Å²) in [6, 6.07) is 7.45. The predicted molar refractivity (Wildman–Crippen MR) is 95.9 cm³/mol. The fourth-order valence-electron chi connectivity index (χ4n) is 2.26. The molecule has 0 saturated carbocycles. The maximum absolute atomic E-state index is 11.9. The molecule has 128 valence electrons. The smallest absolute Gasteiger partial charge is 0.303 e. The highest BCUT2D eigenvalue weighted by molar-refractivity contribution is 7.14. The highest BCUT2D eigenvalue weighted by Crippen LogP contribution is 2.26. The van der Waals surface area contributed by atoms with Crippen LogP contribution in [0.2, 0.25) is 0 Å². The standard InChI is InChI=1S/C17H21N3O3S/c18-13-7-5-6-12(10-13)14-11-24-17(19-14)20-15(21)8-3-1-2-4-9-16(22)23/h5-7,10-11H,1-4,8-9,18H2,(H,22,23)(H,19,20,21). The van der Waals surface area contributed by atoms with Gasteiger partial charge in [-0.2, -0.15) is 0 Å². The minimum Gasteiger partial charge on any atom is -0.481 e. The summed E-state index contributed by atoms with van der Waals surface area (Å²) >= 11 is 1.38. The second kappa shape index (κ2) is 9.02. The number of carbonyl (C=O) groups excluding carboxylic acids is 1. The van der Waals surface area contributed by atoms with E-state index in [1.54, 1.807) is 0 Å². The third-order valence-corrected chi connectivity index (χ3v) is 4.24. The summed E-state index contributed by atoms with van der Waals surface area (Å²) in [6.07, 6.45) is 3.70. The first-order valence-electron chi connectivity index (χ1n) is 7.87. The fraction of sp³-hybridized carbons (Fsp3) is 0.353. The monoisotopic (exact) mass is 347 g/mol. The first kappa shape index (κ1) is 17.9. The second-order valence-electron chi connectivity index (χ2n) is 5.52. The van der Waals surface area contributed by atoms with Crippen molar-refractivity contribution in [2.24, 2.45) is 0 Å². The molecular formula is C17H21N3O3S. The van der Waals surface area contributed by atoms with Crippen molar-refractivity contribution in [1.82, 2.24) is 4.98 Å². The molecule has 1 heterocycles. The van der Waals surface area contributed by atoms with Crippen LogP contribution in [0.5, 0.6) is 0 Å². The van der Waals surface area contributed by atoms with Crippen LogP contribution < -0.4 is 11.1 Å². The first-order chi connectivity index (χ1) is 11.5. The number of hydrogen-bond donors (Lipinski definition) is 3. The van der Waals surface area contributed by atoms with Crippen LogP contribution in [0.25, 0.3) is 11.3 Å². The van der Waals surface area contributed by atoms with E-state index in [-0.39, 0.29) is 12.3 Å². The molecule has 0 aliphatic carbocycles. The van der Waals surface area contributed by atoms with E-state index in [1.807, 2.05) is 29.6 Å². The summed E-state index contributed by atoms with van der Waals surface area (Å²) in [5.74, 6) is -0.839. The Labute approximate surface area is 144 Å². The van der Waals surface area contributed by atoms with Gasteiger partial charge in [-0.1, -0.05) is 25.0 Å². The summed E-state index contributed by atoms with van der Waals surface area (Å²) in [7, 11) is 0. The number of nitrogen functional groups attached to an aromatic ring is 1. The Morgan fingerprint density at radius 2 is 1.92 bits per heavy atom. The number of nitrogens with two attached hydrogens (primary N) is 1. The van der Waals surface area contributed by atoms with Crippen molar-refractivity contribution < 1.29 is 14.7 Å². The first-order valence-corrected chi connectivity index (χ1v) is 8.75. The minimum atomic E-state index is -0.771. The Morgan fingerprint density at radius 1 is 1.17 bits per heavy atom. The number of thiazole rings is 1. The zero-order valence-corrected chi connectivity index (χ0v) is 14.1. The van der Waals surface area contributed by atoms with Gasteiger partial charge in [0.1, 0.15) is 0 Å². The number of benzene rings is 1. The molecule has 0 unspecified atom stereocenters. The molecule has 24 heavy (non-hydrogen) atoms. The molecule has 0 aliphatic heterocycles. The number of carboxylic acids is 1. The van der Waals surface area contributed by atoms with Crippen LogP contribution in [0.15, 0.2) is 29.6 Å². The fourth-order valence-corrected chi connectivity index (χ4v) is 2.99. The van der Waals surface area contributed by atoms with Crippen molar-refractivity contribution in [1.29, 1.82) is 0 Å². The number of carbonyl (C=O) groups is 2. The van der Waals surface area contributed by atoms with Crippen molar-refractivity contribution in [2.75, 3.05) is 11.1 Å². The molecule has 0 radical (unpaired) electrons. The molecule has 6 nitrogen and oxygen atoms in total. The molecule has 1 aromatic heterocycles. The third-order valence-electron chi connectivity index (χ3n) is 3.48. The molecule has 0 aliphatic rings. The lowest BCUT2D eigenvalue weighted by Gasteiger charge is -2.02. The molecule has 0 atom stereocenters. The normalized spacial score (nSPS) is 10.5. The average molecular weight is 347 g/mol. The SMILES string of the molecule is Nc1cccc(-c2csc(NC(=O)CCCCCCC(=O)O)n2)c1. The summed E-state index contributed by atoms with van der Waals surface area (Å²) in [5.41, 5.74) is 8.15. The van der Waals surface area contributed by atoms with Crippen LogP contribution in [-0.4, -0.2) is 22.0 Å². The number of amides is 1. The maximum Gasteiger partial charge on any atom is 0.303 e. The van der Waals surface area contributed by atoms with Crippen molar-refractivity contribution in [3.8, 4) is 11.3 Å². The minimum absolute atomic E-state index is 0.0679. The number of aliphatic carboxylic acids is 1. The summed E-state index contributed by atoms with van der Waals surface area (Å²) < 4.78 is 0. The van der Waals surface area contributed by atoms with E-state index in [9.17, 15) is 9.59 Å². The number of nitrogens with one attached hydrogen (secondary N) is 1. The Kier molecular flexibility index (Phi) is 6.74. The summed E-state index contributed by atoms with van der Waals surface area (Å²) in [6.45, 7) is 0. The Bertz CT molecular complexity index is 700.